The smallest absolute Gasteiger partial charge is 0.475 e. The van der Waals surface area contributed by atoms with E-state index < -0.39 is 29.9 Å². The third kappa shape index (κ3) is 10.4. The number of thiophene rings is 1. The van der Waals surface area contributed by atoms with Crippen LogP contribution in [0.25, 0.3) is 0 Å². The molecule has 4 heterocycles. The number of pyridine rings is 1. The Morgan fingerprint density at radius 3 is 2.21 bits per heavy atom. The molecule has 2 aromatic rings. The predicted molar refractivity (Wildman–Crippen MR) is 123 cm³/mol. The molecule has 0 radical (unpaired) electrons. The number of aromatic nitrogens is 1. The second-order valence-electron chi connectivity index (χ2n) is 8.11. The van der Waals surface area contributed by atoms with Crippen LogP contribution in [-0.4, -0.2) is 95.4 Å². The number of carbonyl (C=O) groups excluding carboxylic acids is 1. The molecule has 216 valence electrons. The standard InChI is InChI=1S/C18H21N3O3S.2C2HF3O2/c22-17-11-24-18(13-21(17)15-3-1-5-19-9-15)12-20(6-7-23-14-18)10-16-4-2-8-25-16;2*3-2(4,5)1(6)7/h1-5,8-9H,6-7,10-14H2;2*(H,6,7). The molecule has 0 bridgehead atoms. The summed E-state index contributed by atoms with van der Waals surface area (Å²) in [6.45, 7) is 4.23. The maximum absolute atomic E-state index is 12.4. The van der Waals surface area contributed by atoms with Crippen molar-refractivity contribution in [3.63, 3.8) is 0 Å². The van der Waals surface area contributed by atoms with E-state index in [2.05, 4.69) is 27.4 Å². The molecule has 0 aliphatic carbocycles. The first kappa shape index (κ1) is 31.9. The minimum Gasteiger partial charge on any atom is -0.475 e. The molecule has 1 spiro atoms. The van der Waals surface area contributed by atoms with Crippen molar-refractivity contribution in [2.75, 3.05) is 44.4 Å². The summed E-state index contributed by atoms with van der Waals surface area (Å²) in [5.74, 6) is -5.55. The van der Waals surface area contributed by atoms with Crippen LogP contribution in [0.2, 0.25) is 0 Å². The minimum atomic E-state index is -5.08. The van der Waals surface area contributed by atoms with E-state index in [0.717, 1.165) is 25.3 Å². The van der Waals surface area contributed by atoms with Crippen molar-refractivity contribution < 1.29 is 60.4 Å². The van der Waals surface area contributed by atoms with Gasteiger partial charge in [0.2, 0.25) is 0 Å². The highest BCUT2D eigenvalue weighted by Crippen LogP contribution is 2.27. The molecule has 0 aromatic carbocycles. The zero-order valence-corrected chi connectivity index (χ0v) is 20.8. The zero-order chi connectivity index (χ0) is 29.3. The van der Waals surface area contributed by atoms with Gasteiger partial charge in [-0.2, -0.15) is 26.3 Å². The molecule has 1 atom stereocenters. The number of aliphatic carboxylic acids is 2. The van der Waals surface area contributed by atoms with Crippen LogP contribution in [-0.2, 0) is 30.4 Å². The summed E-state index contributed by atoms with van der Waals surface area (Å²) < 4.78 is 75.3. The van der Waals surface area contributed by atoms with Gasteiger partial charge in [-0.05, 0) is 23.6 Å². The number of halogens is 6. The van der Waals surface area contributed by atoms with Gasteiger partial charge < -0.3 is 24.6 Å². The number of carboxylic acid groups (broad SMARTS) is 2. The lowest BCUT2D eigenvalue weighted by Gasteiger charge is -2.42. The number of nitrogens with zero attached hydrogens (tertiary/aromatic N) is 3. The lowest BCUT2D eigenvalue weighted by Crippen LogP contribution is -2.60. The third-order valence-corrected chi connectivity index (χ3v) is 5.94. The number of carbonyl (C=O) groups is 3. The Morgan fingerprint density at radius 2 is 1.69 bits per heavy atom. The molecule has 0 saturated carbocycles. The van der Waals surface area contributed by atoms with E-state index in [1.165, 1.54) is 4.88 Å². The Balaban J connectivity index is 0.000000317. The largest absolute Gasteiger partial charge is 0.490 e. The Hall–Kier alpha value is -3.28. The van der Waals surface area contributed by atoms with Gasteiger partial charge in [0, 0.05) is 30.7 Å². The molecule has 4 rings (SSSR count). The number of rotatable bonds is 3. The molecular weight excluding hydrogens is 564 g/mol. The fraction of sp³-hybridized carbons (Fsp3) is 0.455. The molecule has 2 aliphatic heterocycles. The van der Waals surface area contributed by atoms with Gasteiger partial charge in [-0.1, -0.05) is 6.07 Å². The van der Waals surface area contributed by atoms with Gasteiger partial charge in [-0.25, -0.2) is 9.59 Å². The summed E-state index contributed by atoms with van der Waals surface area (Å²) in [7, 11) is 0. The predicted octanol–water partition coefficient (Wildman–Crippen LogP) is 3.04. The minimum absolute atomic E-state index is 0.0346. The van der Waals surface area contributed by atoms with E-state index in [9.17, 15) is 31.1 Å². The van der Waals surface area contributed by atoms with Gasteiger partial charge in [-0.3, -0.25) is 14.7 Å². The fourth-order valence-electron chi connectivity index (χ4n) is 3.39. The van der Waals surface area contributed by atoms with Gasteiger partial charge in [0.25, 0.3) is 5.91 Å². The maximum Gasteiger partial charge on any atom is 0.490 e. The van der Waals surface area contributed by atoms with Crippen LogP contribution in [0.3, 0.4) is 0 Å². The molecule has 1 unspecified atom stereocenters. The van der Waals surface area contributed by atoms with Crippen LogP contribution in [0.15, 0.2) is 42.0 Å². The number of amides is 1. The average molecular weight is 587 g/mol. The van der Waals surface area contributed by atoms with Crippen LogP contribution in [0.1, 0.15) is 4.88 Å². The highest BCUT2D eigenvalue weighted by atomic mass is 32.1. The van der Waals surface area contributed by atoms with Crippen molar-refractivity contribution in [1.82, 2.24) is 9.88 Å². The summed E-state index contributed by atoms with van der Waals surface area (Å²) in [4.78, 5) is 39.7. The highest BCUT2D eigenvalue weighted by molar-refractivity contribution is 7.09. The summed E-state index contributed by atoms with van der Waals surface area (Å²) >= 11 is 1.76. The summed E-state index contributed by atoms with van der Waals surface area (Å²) in [6.07, 6.45) is -6.74. The van der Waals surface area contributed by atoms with Crippen molar-refractivity contribution in [3.05, 3.63) is 46.9 Å². The van der Waals surface area contributed by atoms with Crippen molar-refractivity contribution in [3.8, 4) is 0 Å². The van der Waals surface area contributed by atoms with Gasteiger partial charge in [0.1, 0.15) is 12.2 Å². The van der Waals surface area contributed by atoms with Crippen molar-refractivity contribution in [2.24, 2.45) is 0 Å². The second kappa shape index (κ2) is 13.7. The first-order valence-corrected chi connectivity index (χ1v) is 11.8. The molecule has 10 nitrogen and oxygen atoms in total. The lowest BCUT2D eigenvalue weighted by atomic mass is 10.0. The topological polar surface area (TPSA) is 130 Å². The van der Waals surface area contributed by atoms with Gasteiger partial charge >= 0.3 is 24.3 Å². The quantitative estimate of drug-likeness (QED) is 0.521. The fourth-order valence-corrected chi connectivity index (χ4v) is 4.13. The molecule has 2 N–H and O–H groups in total. The highest BCUT2D eigenvalue weighted by Gasteiger charge is 2.43. The number of carboxylic acids is 2. The SMILES string of the molecule is O=C(O)C(F)(F)F.O=C(O)C(F)(F)F.O=C1COC2(COCCN(Cc3cccs3)C2)CN1c1cccnc1. The van der Waals surface area contributed by atoms with E-state index in [1.807, 2.05) is 12.1 Å². The Bertz CT molecular complexity index is 1060. The molecule has 2 aromatic heterocycles. The van der Waals surface area contributed by atoms with Crippen molar-refractivity contribution in [1.29, 1.82) is 0 Å². The number of morpholine rings is 1. The molecule has 2 aliphatic rings. The number of alkyl halides is 6. The van der Waals surface area contributed by atoms with E-state index in [-0.39, 0.29) is 12.5 Å². The molecule has 2 fully saturated rings. The third-order valence-electron chi connectivity index (χ3n) is 5.08. The zero-order valence-electron chi connectivity index (χ0n) is 19.9. The monoisotopic (exact) mass is 587 g/mol. The van der Waals surface area contributed by atoms with E-state index in [4.69, 9.17) is 29.3 Å². The lowest BCUT2D eigenvalue weighted by molar-refractivity contribution is -0.193. The Morgan fingerprint density at radius 1 is 1.05 bits per heavy atom. The Labute approximate surface area is 221 Å². The average Bonchev–Trinajstić information content (AvgIpc) is 3.28. The van der Waals surface area contributed by atoms with Crippen LogP contribution < -0.4 is 4.90 Å². The van der Waals surface area contributed by atoms with E-state index in [1.54, 1.807) is 28.6 Å². The molecular formula is C22H23F6N3O7S. The Kier molecular flexibility index (Phi) is 11.2. The van der Waals surface area contributed by atoms with Gasteiger partial charge in [0.15, 0.2) is 0 Å². The summed E-state index contributed by atoms with van der Waals surface area (Å²) in [5.41, 5.74) is 0.307. The summed E-state index contributed by atoms with van der Waals surface area (Å²) in [5, 5.41) is 16.3. The van der Waals surface area contributed by atoms with Gasteiger partial charge in [-0.15, -0.1) is 11.3 Å². The van der Waals surface area contributed by atoms with Gasteiger partial charge in [0.05, 0.1) is 31.6 Å². The van der Waals surface area contributed by atoms with Crippen LogP contribution in [0, 0.1) is 0 Å². The number of anilines is 1. The summed E-state index contributed by atoms with van der Waals surface area (Å²) in [6, 6.07) is 7.97. The van der Waals surface area contributed by atoms with Crippen LogP contribution >= 0.6 is 11.3 Å². The number of hydrogen-bond acceptors (Lipinski definition) is 8. The first-order chi connectivity index (χ1) is 18.1. The molecule has 17 heteroatoms. The van der Waals surface area contributed by atoms with Crippen molar-refractivity contribution in [2.45, 2.75) is 24.5 Å². The molecule has 2 saturated heterocycles. The van der Waals surface area contributed by atoms with Crippen molar-refractivity contribution >= 4 is 34.9 Å². The second-order valence-corrected chi connectivity index (χ2v) is 9.14. The molecule has 39 heavy (non-hydrogen) atoms. The van der Waals surface area contributed by atoms with E-state index in [0.29, 0.717) is 19.8 Å². The van der Waals surface area contributed by atoms with Crippen LogP contribution in [0.4, 0.5) is 32.0 Å². The maximum atomic E-state index is 12.4. The first-order valence-electron chi connectivity index (χ1n) is 10.9. The van der Waals surface area contributed by atoms with Crippen LogP contribution in [0.5, 0.6) is 0 Å². The number of ether oxygens (including phenoxy) is 2. The molecule has 1 amide bonds. The number of hydrogen-bond donors (Lipinski definition) is 2. The normalized spacial score (nSPS) is 20.3. The van der Waals surface area contributed by atoms with E-state index >= 15 is 0 Å².